The summed E-state index contributed by atoms with van der Waals surface area (Å²) in [5, 5.41) is 14.2. The van der Waals surface area contributed by atoms with Crippen molar-refractivity contribution in [2.45, 2.75) is 203 Å². The summed E-state index contributed by atoms with van der Waals surface area (Å²) in [5.41, 5.74) is 9.28. The summed E-state index contributed by atoms with van der Waals surface area (Å²) >= 11 is 0. The van der Waals surface area contributed by atoms with E-state index in [0.29, 0.717) is 84.7 Å². The van der Waals surface area contributed by atoms with Crippen molar-refractivity contribution in [3.05, 3.63) is 50.8 Å². The Morgan fingerprint density at radius 2 is 0.838 bits per heavy atom. The molecule has 0 fully saturated rings. The summed E-state index contributed by atoms with van der Waals surface area (Å²) < 4.78 is 37.2. The largest absolute Gasteiger partial charge is 0.502 e. The first-order chi connectivity index (χ1) is 34.4. The lowest BCUT2D eigenvalue weighted by Gasteiger charge is -2.25. The third kappa shape index (κ3) is 58.3. The smallest absolute Gasteiger partial charge is 0.330 e. The summed E-state index contributed by atoms with van der Waals surface area (Å²) in [6.45, 7) is 46.6. The van der Waals surface area contributed by atoms with Gasteiger partial charge in [0, 0.05) is 39.0 Å². The van der Waals surface area contributed by atoms with Gasteiger partial charge in [0.05, 0.1) is 48.9 Å². The van der Waals surface area contributed by atoms with Gasteiger partial charge < -0.3 is 60.4 Å². The van der Waals surface area contributed by atoms with E-state index in [9.17, 15) is 28.8 Å². The maximum atomic E-state index is 12.1. The number of hydrogen-bond acceptors (Lipinski definition) is 15. The maximum absolute atomic E-state index is 12.1. The standard InChI is InChI=1S/C17H31NO4.C14H29NO3.C13H23NO4.C7H12O2.C5H11NO/c1-7-14(16(20)22-17(4,5)6)12-13(3)21-11-9-10-18-15(19)8-2;1-6-12(13(16)18-14(3,4)5)10-11(2)17-9-7-8-15;1-4-11(13(16)17)9-10(3)18-8-6-7-14-12(15)5-2;1-5-6(8)9-7(2,3)4;1-2-7-5-3-4-6/h8,13-14H,2,7,9-12H2,1,3-6H3,(H,18,19);11-12H,6-10,15H2,1-5H3;5,10-11H,2,4,6-9H2,1,3H3,(H,14,15)(H,16,17);5H,1H2,2-4H3;2H,1,3-6H2. The fraction of sp³-hybridized carbons (Fsp3) is 0.750. The van der Waals surface area contributed by atoms with Crippen LogP contribution < -0.4 is 22.1 Å². The lowest BCUT2D eigenvalue weighted by molar-refractivity contribution is -0.162. The van der Waals surface area contributed by atoms with E-state index < -0.39 is 22.8 Å². The third-order valence-electron chi connectivity index (χ3n) is 9.48. The lowest BCUT2D eigenvalue weighted by Crippen LogP contribution is -2.30. The first-order valence-electron chi connectivity index (χ1n) is 26.2. The molecule has 74 heavy (non-hydrogen) atoms. The zero-order valence-corrected chi connectivity index (χ0v) is 48.7. The van der Waals surface area contributed by atoms with Crippen molar-refractivity contribution in [1.29, 1.82) is 0 Å². The minimum Gasteiger partial charge on any atom is -0.502 e. The number of carbonyl (C=O) groups excluding carboxylic acids is 5. The van der Waals surface area contributed by atoms with E-state index in [0.717, 1.165) is 38.2 Å². The maximum Gasteiger partial charge on any atom is 0.330 e. The molecule has 0 heterocycles. The number of aliphatic carboxylic acids is 1. The van der Waals surface area contributed by atoms with Gasteiger partial charge in [-0.2, -0.15) is 0 Å². The fourth-order valence-corrected chi connectivity index (χ4v) is 5.72. The highest BCUT2D eigenvalue weighted by molar-refractivity contribution is 5.87. The summed E-state index contributed by atoms with van der Waals surface area (Å²) in [4.78, 5) is 67.2. The van der Waals surface area contributed by atoms with E-state index in [1.165, 1.54) is 18.4 Å². The van der Waals surface area contributed by atoms with Crippen molar-refractivity contribution >= 4 is 35.7 Å². The topological polar surface area (TPSA) is 263 Å². The Bertz CT molecular complexity index is 1520. The Balaban J connectivity index is -0.000000281. The van der Waals surface area contributed by atoms with E-state index in [1.807, 2.05) is 104 Å². The van der Waals surface area contributed by atoms with Crippen LogP contribution in [0.25, 0.3) is 0 Å². The van der Waals surface area contributed by atoms with Gasteiger partial charge in [-0.1, -0.05) is 47.1 Å². The van der Waals surface area contributed by atoms with E-state index in [2.05, 4.69) is 36.9 Å². The number of rotatable bonds is 33. The molecule has 0 aromatic rings. The third-order valence-corrected chi connectivity index (χ3v) is 9.48. The van der Waals surface area contributed by atoms with Gasteiger partial charge in [-0.25, -0.2) is 4.79 Å². The SMILES string of the molecule is C=CC(=O)NCCCOC(C)CC(CC)C(=O)O.C=CC(=O)NCCCOC(C)CC(CC)C(=O)OC(C)(C)C.C=CC(=O)OC(C)(C)C.C=COCCCN.CCC(CC(C)OCCCN)C(=O)OC(C)(C)C. The summed E-state index contributed by atoms with van der Waals surface area (Å²) in [6, 6.07) is 0. The van der Waals surface area contributed by atoms with E-state index in [-0.39, 0.29) is 65.8 Å². The van der Waals surface area contributed by atoms with Crippen LogP contribution >= 0.6 is 0 Å². The van der Waals surface area contributed by atoms with Crippen molar-refractivity contribution in [3.8, 4) is 0 Å². The molecule has 0 aliphatic carbocycles. The molecule has 0 spiro atoms. The normalized spacial score (nSPS) is 13.3. The predicted octanol–water partition coefficient (Wildman–Crippen LogP) is 8.93. The van der Waals surface area contributed by atoms with Gasteiger partial charge in [-0.15, -0.1) is 0 Å². The molecular weight excluding hydrogens is 953 g/mol. The van der Waals surface area contributed by atoms with Crippen LogP contribution in [0.4, 0.5) is 0 Å². The number of carboxylic acids is 1. The van der Waals surface area contributed by atoms with Gasteiger partial charge in [0.1, 0.15) is 16.8 Å². The number of hydrogen-bond donors (Lipinski definition) is 5. The van der Waals surface area contributed by atoms with Crippen LogP contribution in [0.15, 0.2) is 50.8 Å². The van der Waals surface area contributed by atoms with Crippen molar-refractivity contribution in [2.75, 3.05) is 52.6 Å². The van der Waals surface area contributed by atoms with Crippen LogP contribution in [0.1, 0.15) is 168 Å². The highest BCUT2D eigenvalue weighted by Crippen LogP contribution is 2.21. The molecular formula is C56H106N4O14. The van der Waals surface area contributed by atoms with Gasteiger partial charge in [0.15, 0.2) is 0 Å². The second-order valence-corrected chi connectivity index (χ2v) is 20.2. The fourth-order valence-electron chi connectivity index (χ4n) is 5.72. The van der Waals surface area contributed by atoms with Crippen molar-refractivity contribution in [2.24, 2.45) is 29.2 Å². The second kappa shape index (κ2) is 48.1. The van der Waals surface area contributed by atoms with Gasteiger partial charge in [0.2, 0.25) is 11.8 Å². The Morgan fingerprint density at radius 3 is 1.09 bits per heavy atom. The van der Waals surface area contributed by atoms with Gasteiger partial charge in [-0.05, 0) is 173 Å². The molecule has 434 valence electrons. The van der Waals surface area contributed by atoms with Gasteiger partial charge in [0.25, 0.3) is 0 Å². The number of ether oxygens (including phenoxy) is 7. The molecule has 0 aromatic carbocycles. The van der Waals surface area contributed by atoms with E-state index >= 15 is 0 Å². The average Bonchev–Trinajstić information content (AvgIpc) is 3.30. The molecule has 0 radical (unpaired) electrons. The van der Waals surface area contributed by atoms with Crippen molar-refractivity contribution in [3.63, 3.8) is 0 Å². The summed E-state index contributed by atoms with van der Waals surface area (Å²) in [7, 11) is 0. The predicted molar refractivity (Wildman–Crippen MR) is 296 cm³/mol. The number of esters is 3. The molecule has 0 aliphatic heterocycles. The molecule has 0 bridgehead atoms. The molecule has 0 aromatic heterocycles. The Kier molecular flexibility index (Phi) is 50.8. The van der Waals surface area contributed by atoms with Crippen LogP contribution in [0.5, 0.6) is 0 Å². The zero-order chi connectivity index (χ0) is 58.3. The summed E-state index contributed by atoms with van der Waals surface area (Å²) in [5.74, 6) is -2.38. The molecule has 18 nitrogen and oxygen atoms in total. The van der Waals surface area contributed by atoms with Crippen molar-refractivity contribution < 1.29 is 67.0 Å². The zero-order valence-electron chi connectivity index (χ0n) is 48.7. The van der Waals surface area contributed by atoms with Crippen LogP contribution in [0.2, 0.25) is 0 Å². The van der Waals surface area contributed by atoms with Crippen LogP contribution in [-0.2, 0) is 61.9 Å². The minimum absolute atomic E-state index is 0.0208. The first-order valence-corrected chi connectivity index (χ1v) is 26.2. The van der Waals surface area contributed by atoms with Gasteiger partial charge in [-0.3, -0.25) is 24.0 Å². The molecule has 6 unspecified atom stereocenters. The Morgan fingerprint density at radius 1 is 0.514 bits per heavy atom. The molecule has 2 amide bonds. The molecule has 0 rings (SSSR count). The monoisotopic (exact) mass is 1060 g/mol. The highest BCUT2D eigenvalue weighted by atomic mass is 16.6. The van der Waals surface area contributed by atoms with Crippen LogP contribution in [0, 0.1) is 17.8 Å². The Labute approximate surface area is 447 Å². The molecule has 0 saturated carbocycles. The molecule has 18 heteroatoms. The Hall–Kier alpha value is -4.62. The quantitative estimate of drug-likeness (QED) is 0.0135. The van der Waals surface area contributed by atoms with Crippen LogP contribution in [-0.4, -0.2) is 129 Å². The minimum atomic E-state index is -0.772. The number of nitrogens with two attached hydrogens (primary N) is 2. The number of amides is 2. The second-order valence-electron chi connectivity index (χ2n) is 20.2. The van der Waals surface area contributed by atoms with E-state index in [1.54, 1.807) is 0 Å². The highest BCUT2D eigenvalue weighted by Gasteiger charge is 2.27. The molecule has 6 atom stereocenters. The van der Waals surface area contributed by atoms with Crippen molar-refractivity contribution in [1.82, 2.24) is 10.6 Å². The lowest BCUT2D eigenvalue weighted by atomic mass is 9.99. The molecule has 7 N–H and O–H groups in total. The number of carboxylic acid groups (broad SMARTS) is 1. The molecule has 0 aliphatic rings. The summed E-state index contributed by atoms with van der Waals surface area (Å²) in [6.07, 6.45) is 12.2. The number of carbonyl (C=O) groups is 6. The average molecular weight is 1060 g/mol. The van der Waals surface area contributed by atoms with Crippen LogP contribution in [0.3, 0.4) is 0 Å². The van der Waals surface area contributed by atoms with Gasteiger partial charge >= 0.3 is 23.9 Å². The first kappa shape index (κ1) is 78.3. The number of nitrogens with one attached hydrogen (secondary N) is 2. The van der Waals surface area contributed by atoms with E-state index in [4.69, 9.17) is 49.7 Å². The molecule has 0 saturated heterocycles.